The Morgan fingerprint density at radius 2 is 1.96 bits per heavy atom. The highest BCUT2D eigenvalue weighted by molar-refractivity contribution is 8.01. The Morgan fingerprint density at radius 1 is 1.21 bits per heavy atom. The van der Waals surface area contributed by atoms with Gasteiger partial charge in [0.05, 0.1) is 22.1 Å². The van der Waals surface area contributed by atoms with Crippen molar-refractivity contribution in [3.05, 3.63) is 58.4 Å². The molecule has 0 radical (unpaired) electrons. The molecule has 0 aliphatic rings. The molecule has 12 heteroatoms. The molecule has 3 rings (SSSR count). The molecule has 3 aromatic rings. The molecule has 0 spiro atoms. The maximum atomic E-state index is 13.1. The van der Waals surface area contributed by atoms with Gasteiger partial charge in [0.1, 0.15) is 5.82 Å². The number of amides is 1. The van der Waals surface area contributed by atoms with E-state index in [1.165, 1.54) is 42.5 Å². The highest BCUT2D eigenvalue weighted by Crippen LogP contribution is 2.30. The second-order valence-corrected chi connectivity index (χ2v) is 7.59. The smallest absolute Gasteiger partial charge is 0.271 e. The van der Waals surface area contributed by atoms with E-state index in [0.29, 0.717) is 20.8 Å². The standard InChI is InChI=1S/C16H13FN6O3S2/c17-9-1-3-10(4-2-9)19-12-6-5-11(23(25)26)7-13(12)20-14(24)8-27-16-22-21-15(18)28-16/h1-7,19H,8H2,(H2,18,21)(H,20,24). The monoisotopic (exact) mass is 420 g/mol. The van der Waals surface area contributed by atoms with Gasteiger partial charge in [-0.25, -0.2) is 4.39 Å². The van der Waals surface area contributed by atoms with Crippen molar-refractivity contribution >= 4 is 56.9 Å². The average Bonchev–Trinajstić information content (AvgIpc) is 3.08. The van der Waals surface area contributed by atoms with E-state index in [9.17, 15) is 19.3 Å². The van der Waals surface area contributed by atoms with Crippen LogP contribution in [0.5, 0.6) is 0 Å². The summed E-state index contributed by atoms with van der Waals surface area (Å²) in [5, 5.41) is 24.5. The van der Waals surface area contributed by atoms with Crippen molar-refractivity contribution in [1.29, 1.82) is 0 Å². The van der Waals surface area contributed by atoms with Gasteiger partial charge in [-0.3, -0.25) is 14.9 Å². The number of carbonyl (C=O) groups is 1. The molecule has 0 atom stereocenters. The summed E-state index contributed by atoms with van der Waals surface area (Å²) in [4.78, 5) is 22.8. The number of halogens is 1. The maximum Gasteiger partial charge on any atom is 0.271 e. The summed E-state index contributed by atoms with van der Waals surface area (Å²) >= 11 is 2.30. The number of hydrogen-bond acceptors (Lipinski definition) is 9. The summed E-state index contributed by atoms with van der Waals surface area (Å²) in [6.07, 6.45) is 0. The zero-order valence-corrected chi connectivity index (χ0v) is 15.7. The van der Waals surface area contributed by atoms with Crippen molar-refractivity contribution in [2.75, 3.05) is 22.1 Å². The first-order valence-electron chi connectivity index (χ1n) is 7.73. The molecule has 1 heterocycles. The molecular weight excluding hydrogens is 407 g/mol. The van der Waals surface area contributed by atoms with Crippen LogP contribution < -0.4 is 16.4 Å². The highest BCUT2D eigenvalue weighted by Gasteiger charge is 2.14. The summed E-state index contributed by atoms with van der Waals surface area (Å²) in [7, 11) is 0. The number of nitrogens with two attached hydrogens (primary N) is 1. The zero-order valence-electron chi connectivity index (χ0n) is 14.1. The lowest BCUT2D eigenvalue weighted by Gasteiger charge is -2.13. The number of benzene rings is 2. The van der Waals surface area contributed by atoms with E-state index in [1.54, 1.807) is 0 Å². The number of nitrogen functional groups attached to an aromatic ring is 1. The molecule has 2 aromatic carbocycles. The number of thioether (sulfide) groups is 1. The Balaban J connectivity index is 1.76. The van der Waals surface area contributed by atoms with Gasteiger partial charge in [-0.15, -0.1) is 10.2 Å². The predicted molar refractivity (Wildman–Crippen MR) is 106 cm³/mol. The number of non-ortho nitro benzene ring substituents is 1. The molecule has 0 saturated carbocycles. The number of nitro benzene ring substituents is 1. The number of carbonyl (C=O) groups excluding carboxylic acids is 1. The first-order chi connectivity index (χ1) is 13.4. The number of nitrogens with one attached hydrogen (secondary N) is 2. The number of anilines is 4. The van der Waals surface area contributed by atoms with E-state index in [-0.39, 0.29) is 23.0 Å². The fourth-order valence-corrected chi connectivity index (χ4v) is 3.58. The third-order valence-corrected chi connectivity index (χ3v) is 5.25. The number of nitro groups is 1. The van der Waals surface area contributed by atoms with E-state index >= 15 is 0 Å². The lowest BCUT2D eigenvalue weighted by Crippen LogP contribution is -2.15. The Morgan fingerprint density at radius 3 is 2.61 bits per heavy atom. The van der Waals surface area contributed by atoms with Crippen LogP contribution >= 0.6 is 23.1 Å². The summed E-state index contributed by atoms with van der Waals surface area (Å²) in [6.45, 7) is 0. The Hall–Kier alpha value is -3.25. The predicted octanol–water partition coefficient (Wildman–Crippen LogP) is 3.64. The van der Waals surface area contributed by atoms with Gasteiger partial charge in [-0.1, -0.05) is 23.1 Å². The Labute approximate surface area is 166 Å². The molecule has 0 aliphatic heterocycles. The van der Waals surface area contributed by atoms with E-state index in [0.717, 1.165) is 23.1 Å². The Bertz CT molecular complexity index is 1010. The number of hydrogen-bond donors (Lipinski definition) is 3. The van der Waals surface area contributed by atoms with Gasteiger partial charge in [0, 0.05) is 17.8 Å². The summed E-state index contributed by atoms with van der Waals surface area (Å²) < 4.78 is 13.6. The van der Waals surface area contributed by atoms with Gasteiger partial charge in [-0.05, 0) is 30.3 Å². The van der Waals surface area contributed by atoms with Crippen molar-refractivity contribution in [3.63, 3.8) is 0 Å². The van der Waals surface area contributed by atoms with Crippen molar-refractivity contribution in [2.45, 2.75) is 4.34 Å². The molecule has 0 bridgehead atoms. The molecule has 1 aromatic heterocycles. The van der Waals surface area contributed by atoms with Crippen LogP contribution in [0.1, 0.15) is 0 Å². The summed E-state index contributed by atoms with van der Waals surface area (Å²) in [5.41, 5.74) is 6.52. The van der Waals surface area contributed by atoms with Crippen LogP contribution in [0.4, 0.5) is 32.3 Å². The van der Waals surface area contributed by atoms with Crippen LogP contribution in [0.2, 0.25) is 0 Å². The van der Waals surface area contributed by atoms with Crippen LogP contribution in [0.3, 0.4) is 0 Å². The van der Waals surface area contributed by atoms with Gasteiger partial charge in [-0.2, -0.15) is 0 Å². The molecule has 9 nitrogen and oxygen atoms in total. The van der Waals surface area contributed by atoms with Gasteiger partial charge in [0.15, 0.2) is 4.34 Å². The molecular formula is C16H13FN6O3S2. The number of aromatic nitrogens is 2. The minimum atomic E-state index is -0.559. The van der Waals surface area contributed by atoms with Gasteiger partial charge < -0.3 is 16.4 Å². The topological polar surface area (TPSA) is 136 Å². The molecule has 144 valence electrons. The lowest BCUT2D eigenvalue weighted by molar-refractivity contribution is -0.384. The first kappa shape index (κ1) is 19.5. The molecule has 0 unspecified atom stereocenters. The molecule has 0 saturated heterocycles. The average molecular weight is 420 g/mol. The molecule has 28 heavy (non-hydrogen) atoms. The van der Waals surface area contributed by atoms with E-state index in [4.69, 9.17) is 5.73 Å². The second-order valence-electron chi connectivity index (χ2n) is 5.36. The van der Waals surface area contributed by atoms with Crippen LogP contribution in [0.25, 0.3) is 0 Å². The maximum absolute atomic E-state index is 13.1. The minimum Gasteiger partial charge on any atom is -0.374 e. The molecule has 1 amide bonds. The fraction of sp³-hybridized carbons (Fsp3) is 0.0625. The van der Waals surface area contributed by atoms with Gasteiger partial charge in [0.2, 0.25) is 11.0 Å². The van der Waals surface area contributed by atoms with Crippen molar-refractivity contribution < 1.29 is 14.1 Å². The largest absolute Gasteiger partial charge is 0.374 e. The van der Waals surface area contributed by atoms with Crippen LogP contribution in [0, 0.1) is 15.9 Å². The normalized spacial score (nSPS) is 10.5. The van der Waals surface area contributed by atoms with Crippen molar-refractivity contribution in [2.24, 2.45) is 0 Å². The van der Waals surface area contributed by atoms with Crippen molar-refractivity contribution in [1.82, 2.24) is 10.2 Å². The molecule has 4 N–H and O–H groups in total. The molecule has 0 aliphatic carbocycles. The fourth-order valence-electron chi connectivity index (χ4n) is 2.14. The SMILES string of the molecule is Nc1nnc(SCC(=O)Nc2cc([N+](=O)[O-])ccc2Nc2ccc(F)cc2)s1. The van der Waals surface area contributed by atoms with E-state index in [2.05, 4.69) is 20.8 Å². The third kappa shape index (κ3) is 5.14. The van der Waals surface area contributed by atoms with Gasteiger partial charge >= 0.3 is 0 Å². The third-order valence-electron chi connectivity index (χ3n) is 3.36. The lowest BCUT2D eigenvalue weighted by atomic mass is 10.2. The van der Waals surface area contributed by atoms with Crippen molar-refractivity contribution in [3.8, 4) is 0 Å². The van der Waals surface area contributed by atoms with Crippen LogP contribution in [0.15, 0.2) is 46.8 Å². The van der Waals surface area contributed by atoms with E-state index in [1.807, 2.05) is 0 Å². The Kier molecular flexibility index (Phi) is 6.01. The summed E-state index contributed by atoms with van der Waals surface area (Å²) in [5.74, 6) is -0.758. The van der Waals surface area contributed by atoms with E-state index < -0.39 is 10.7 Å². The minimum absolute atomic E-state index is 0.0211. The second kappa shape index (κ2) is 8.63. The van der Waals surface area contributed by atoms with Gasteiger partial charge in [0.25, 0.3) is 5.69 Å². The first-order valence-corrected chi connectivity index (χ1v) is 9.53. The van der Waals surface area contributed by atoms with Crippen LogP contribution in [-0.2, 0) is 4.79 Å². The molecule has 0 fully saturated rings. The summed E-state index contributed by atoms with van der Waals surface area (Å²) in [6, 6.07) is 9.59. The number of rotatable bonds is 7. The zero-order chi connectivity index (χ0) is 20.1. The quantitative estimate of drug-likeness (QED) is 0.299. The van der Waals surface area contributed by atoms with Crippen LogP contribution in [-0.4, -0.2) is 26.8 Å². The highest BCUT2D eigenvalue weighted by atomic mass is 32.2. The number of nitrogens with zero attached hydrogens (tertiary/aromatic N) is 3.